The summed E-state index contributed by atoms with van der Waals surface area (Å²) in [4.78, 5) is 43.7. The molecule has 1 aromatic carbocycles. The Morgan fingerprint density at radius 2 is 1.57 bits per heavy atom. The second kappa shape index (κ2) is 9.29. The van der Waals surface area contributed by atoms with E-state index in [2.05, 4.69) is 32.6 Å². The molecule has 1 unspecified atom stereocenters. The predicted octanol–water partition coefficient (Wildman–Crippen LogP) is 2.71. The van der Waals surface area contributed by atoms with Crippen molar-refractivity contribution in [1.82, 2.24) is 14.7 Å². The van der Waals surface area contributed by atoms with Crippen LogP contribution in [0.3, 0.4) is 0 Å². The Bertz CT molecular complexity index is 774. The van der Waals surface area contributed by atoms with E-state index in [0.29, 0.717) is 44.3 Å². The molecule has 0 spiro atoms. The van der Waals surface area contributed by atoms with Crippen LogP contribution in [-0.2, 0) is 15.0 Å². The first-order chi connectivity index (χ1) is 14.2. The van der Waals surface area contributed by atoms with Gasteiger partial charge in [0.2, 0.25) is 11.7 Å². The SMILES string of the molecule is CC1CCCCN1C(=O)CN1CCN(C(=O)C(=O)c2ccc(C(C)(C)C)cc2)CC1. The van der Waals surface area contributed by atoms with Crippen LogP contribution in [0.2, 0.25) is 0 Å². The molecule has 2 fully saturated rings. The summed E-state index contributed by atoms with van der Waals surface area (Å²) in [5, 5.41) is 0. The number of rotatable bonds is 4. The number of nitrogens with zero attached hydrogens (tertiary/aromatic N) is 3. The zero-order valence-electron chi connectivity index (χ0n) is 18.8. The van der Waals surface area contributed by atoms with Crippen LogP contribution in [-0.4, -0.2) is 77.6 Å². The van der Waals surface area contributed by atoms with Crippen LogP contribution in [0.1, 0.15) is 62.9 Å². The smallest absolute Gasteiger partial charge is 0.295 e. The molecule has 0 radical (unpaired) electrons. The molecule has 6 heteroatoms. The molecule has 164 valence electrons. The third-order valence-electron chi connectivity index (χ3n) is 6.35. The van der Waals surface area contributed by atoms with Gasteiger partial charge >= 0.3 is 0 Å². The van der Waals surface area contributed by atoms with Gasteiger partial charge < -0.3 is 9.80 Å². The Morgan fingerprint density at radius 1 is 0.933 bits per heavy atom. The molecule has 0 bridgehead atoms. The molecule has 0 N–H and O–H groups in total. The number of Topliss-reactive ketones (excluding diaryl/α,β-unsaturated/α-hetero) is 1. The molecular weight excluding hydrogens is 378 g/mol. The first-order valence-corrected chi connectivity index (χ1v) is 11.1. The molecule has 2 aliphatic heterocycles. The Morgan fingerprint density at radius 3 is 2.13 bits per heavy atom. The fourth-order valence-electron chi connectivity index (χ4n) is 4.25. The summed E-state index contributed by atoms with van der Waals surface area (Å²) in [5.41, 5.74) is 1.57. The highest BCUT2D eigenvalue weighted by Crippen LogP contribution is 2.22. The van der Waals surface area contributed by atoms with Crippen LogP contribution >= 0.6 is 0 Å². The molecule has 2 heterocycles. The van der Waals surface area contributed by atoms with Gasteiger partial charge in [0, 0.05) is 44.3 Å². The second-order valence-corrected chi connectivity index (χ2v) is 9.66. The lowest BCUT2D eigenvalue weighted by Crippen LogP contribution is -2.54. The van der Waals surface area contributed by atoms with Gasteiger partial charge in [0.25, 0.3) is 5.91 Å². The van der Waals surface area contributed by atoms with Crippen molar-refractivity contribution in [2.24, 2.45) is 0 Å². The van der Waals surface area contributed by atoms with E-state index in [1.807, 2.05) is 17.0 Å². The number of piperidine rings is 1. The molecule has 1 aromatic rings. The maximum absolute atomic E-state index is 12.7. The average molecular weight is 414 g/mol. The van der Waals surface area contributed by atoms with Crippen molar-refractivity contribution in [3.05, 3.63) is 35.4 Å². The molecule has 1 atom stereocenters. The van der Waals surface area contributed by atoms with Crippen LogP contribution in [0.5, 0.6) is 0 Å². The molecule has 2 saturated heterocycles. The quantitative estimate of drug-likeness (QED) is 0.563. The molecule has 0 saturated carbocycles. The first kappa shape index (κ1) is 22.5. The Hall–Kier alpha value is -2.21. The van der Waals surface area contributed by atoms with Crippen LogP contribution in [0.15, 0.2) is 24.3 Å². The molecule has 2 aliphatic rings. The summed E-state index contributed by atoms with van der Waals surface area (Å²) in [6, 6.07) is 7.65. The first-order valence-electron chi connectivity index (χ1n) is 11.1. The van der Waals surface area contributed by atoms with E-state index in [0.717, 1.165) is 24.9 Å². The predicted molar refractivity (Wildman–Crippen MR) is 118 cm³/mol. The zero-order valence-corrected chi connectivity index (χ0v) is 18.8. The third-order valence-corrected chi connectivity index (χ3v) is 6.35. The normalized spacial score (nSPS) is 20.9. The van der Waals surface area contributed by atoms with Crippen LogP contribution in [0.4, 0.5) is 0 Å². The number of likely N-dealkylation sites (tertiary alicyclic amines) is 1. The van der Waals surface area contributed by atoms with Crippen LogP contribution in [0, 0.1) is 0 Å². The summed E-state index contributed by atoms with van der Waals surface area (Å²) in [7, 11) is 0. The molecule has 6 nitrogen and oxygen atoms in total. The average Bonchev–Trinajstić information content (AvgIpc) is 2.73. The number of ketones is 1. The minimum atomic E-state index is -0.456. The van der Waals surface area contributed by atoms with Crippen molar-refractivity contribution in [1.29, 1.82) is 0 Å². The lowest BCUT2D eigenvalue weighted by Gasteiger charge is -2.37. The van der Waals surface area contributed by atoms with Gasteiger partial charge in [0.1, 0.15) is 0 Å². The Labute approximate surface area is 180 Å². The number of benzene rings is 1. The van der Waals surface area contributed by atoms with Crippen molar-refractivity contribution >= 4 is 17.6 Å². The topological polar surface area (TPSA) is 60.9 Å². The monoisotopic (exact) mass is 413 g/mol. The van der Waals surface area contributed by atoms with E-state index in [9.17, 15) is 14.4 Å². The summed E-state index contributed by atoms with van der Waals surface area (Å²) < 4.78 is 0. The largest absolute Gasteiger partial charge is 0.339 e. The molecular formula is C24H35N3O3. The van der Waals surface area contributed by atoms with Gasteiger partial charge in [-0.25, -0.2) is 0 Å². The summed E-state index contributed by atoms with van der Waals surface area (Å²) >= 11 is 0. The number of amides is 2. The lowest BCUT2D eigenvalue weighted by molar-refractivity contribution is -0.136. The van der Waals surface area contributed by atoms with Crippen molar-refractivity contribution in [3.8, 4) is 0 Å². The van der Waals surface area contributed by atoms with E-state index in [-0.39, 0.29) is 11.3 Å². The van der Waals surface area contributed by atoms with Gasteiger partial charge in [-0.05, 0) is 37.2 Å². The third kappa shape index (κ3) is 5.28. The molecule has 3 rings (SSSR count). The summed E-state index contributed by atoms with van der Waals surface area (Å²) in [5.74, 6) is -0.728. The number of carbonyl (C=O) groups is 3. The number of hydrogen-bond donors (Lipinski definition) is 0. The van der Waals surface area contributed by atoms with Crippen molar-refractivity contribution in [2.45, 2.75) is 58.4 Å². The number of carbonyl (C=O) groups excluding carboxylic acids is 3. The van der Waals surface area contributed by atoms with E-state index in [1.54, 1.807) is 17.0 Å². The van der Waals surface area contributed by atoms with Gasteiger partial charge in [-0.1, -0.05) is 45.0 Å². The standard InChI is InChI=1S/C24H35N3O3/c1-18-7-5-6-12-27(18)21(28)17-25-13-15-26(16-14-25)23(30)22(29)19-8-10-20(11-9-19)24(2,3)4/h8-11,18H,5-7,12-17H2,1-4H3. The highest BCUT2D eigenvalue weighted by atomic mass is 16.2. The van der Waals surface area contributed by atoms with E-state index in [1.165, 1.54) is 6.42 Å². The van der Waals surface area contributed by atoms with E-state index < -0.39 is 11.7 Å². The van der Waals surface area contributed by atoms with Crippen molar-refractivity contribution in [3.63, 3.8) is 0 Å². The molecule has 2 amide bonds. The highest BCUT2D eigenvalue weighted by molar-refractivity contribution is 6.42. The number of piperazine rings is 1. The van der Waals surface area contributed by atoms with E-state index in [4.69, 9.17) is 0 Å². The maximum atomic E-state index is 12.7. The number of hydrogen-bond acceptors (Lipinski definition) is 4. The molecule has 30 heavy (non-hydrogen) atoms. The van der Waals surface area contributed by atoms with Crippen molar-refractivity contribution in [2.75, 3.05) is 39.3 Å². The van der Waals surface area contributed by atoms with Gasteiger partial charge in [0.15, 0.2) is 0 Å². The van der Waals surface area contributed by atoms with Gasteiger partial charge in [0.05, 0.1) is 6.54 Å². The van der Waals surface area contributed by atoms with Crippen LogP contribution in [0.25, 0.3) is 0 Å². The summed E-state index contributed by atoms with van der Waals surface area (Å²) in [6.45, 7) is 11.9. The highest BCUT2D eigenvalue weighted by Gasteiger charge is 2.29. The lowest BCUT2D eigenvalue weighted by atomic mass is 9.86. The fraction of sp³-hybridized carbons (Fsp3) is 0.625. The Balaban J connectivity index is 1.51. The maximum Gasteiger partial charge on any atom is 0.295 e. The Kier molecular flexibility index (Phi) is 6.96. The van der Waals surface area contributed by atoms with Crippen molar-refractivity contribution < 1.29 is 14.4 Å². The minimum absolute atomic E-state index is 0.00530. The second-order valence-electron chi connectivity index (χ2n) is 9.66. The van der Waals surface area contributed by atoms with E-state index >= 15 is 0 Å². The fourth-order valence-corrected chi connectivity index (χ4v) is 4.25. The zero-order chi connectivity index (χ0) is 21.9. The van der Waals surface area contributed by atoms with Crippen LogP contribution < -0.4 is 0 Å². The molecule has 0 aliphatic carbocycles. The van der Waals surface area contributed by atoms with Gasteiger partial charge in [-0.3, -0.25) is 19.3 Å². The summed E-state index contributed by atoms with van der Waals surface area (Å²) in [6.07, 6.45) is 3.35. The molecule has 0 aromatic heterocycles. The minimum Gasteiger partial charge on any atom is -0.339 e. The van der Waals surface area contributed by atoms with Gasteiger partial charge in [-0.2, -0.15) is 0 Å². The van der Waals surface area contributed by atoms with Gasteiger partial charge in [-0.15, -0.1) is 0 Å².